The third kappa shape index (κ3) is 10.9. The molecule has 0 aliphatic rings. The second-order valence-electron chi connectivity index (χ2n) is 5.70. The van der Waals surface area contributed by atoms with Crippen LogP contribution in [0.15, 0.2) is 12.1 Å². The van der Waals surface area contributed by atoms with Crippen molar-refractivity contribution in [3.8, 4) is 5.75 Å². The van der Waals surface area contributed by atoms with E-state index in [4.69, 9.17) is 40.9 Å². The van der Waals surface area contributed by atoms with Gasteiger partial charge in [0, 0.05) is 17.6 Å². The van der Waals surface area contributed by atoms with Crippen LogP contribution in [0, 0.1) is 13.8 Å². The summed E-state index contributed by atoms with van der Waals surface area (Å²) in [5, 5.41) is 18.9. The van der Waals surface area contributed by atoms with Crippen LogP contribution in [0.4, 0.5) is 0 Å². The van der Waals surface area contributed by atoms with Crippen LogP contribution in [0.2, 0.25) is 5.02 Å². The molecule has 1 aromatic rings. The average molecular weight is 390 g/mol. The van der Waals surface area contributed by atoms with Crippen molar-refractivity contribution in [2.24, 2.45) is 0 Å². The first-order chi connectivity index (χ1) is 12.2. The fourth-order valence-electron chi connectivity index (χ4n) is 1.95. The SMILES string of the molecule is CCC(C)NCCOCCOc1c(C)cc(Cl)cc1C.O=C(O)C(=O)O. The maximum atomic E-state index is 9.10. The predicted molar refractivity (Wildman–Crippen MR) is 100 cm³/mol. The molecule has 0 amide bonds. The van der Waals surface area contributed by atoms with Crippen LogP contribution >= 0.6 is 11.6 Å². The maximum Gasteiger partial charge on any atom is 0.414 e. The minimum atomic E-state index is -1.82. The Bertz CT molecular complexity index is 544. The van der Waals surface area contributed by atoms with E-state index in [0.29, 0.717) is 25.9 Å². The molecular formula is C18H28ClNO6. The molecule has 148 valence electrons. The monoisotopic (exact) mass is 389 g/mol. The van der Waals surface area contributed by atoms with Gasteiger partial charge < -0.3 is 25.0 Å². The quantitative estimate of drug-likeness (QED) is 0.440. The van der Waals surface area contributed by atoms with Gasteiger partial charge in [-0.2, -0.15) is 0 Å². The lowest BCUT2D eigenvalue weighted by molar-refractivity contribution is -0.159. The lowest BCUT2D eigenvalue weighted by atomic mass is 10.1. The van der Waals surface area contributed by atoms with Gasteiger partial charge >= 0.3 is 11.9 Å². The van der Waals surface area contributed by atoms with E-state index in [1.54, 1.807) is 0 Å². The van der Waals surface area contributed by atoms with Gasteiger partial charge in [0.2, 0.25) is 0 Å². The Kier molecular flexibility index (Phi) is 12.4. The van der Waals surface area contributed by atoms with Crippen LogP contribution in [-0.2, 0) is 14.3 Å². The van der Waals surface area contributed by atoms with Crippen molar-refractivity contribution in [2.75, 3.05) is 26.4 Å². The third-order valence-corrected chi connectivity index (χ3v) is 3.65. The number of ether oxygens (including phenoxy) is 2. The van der Waals surface area contributed by atoms with E-state index in [1.165, 1.54) is 0 Å². The van der Waals surface area contributed by atoms with Gasteiger partial charge in [-0.25, -0.2) is 9.59 Å². The molecule has 1 rings (SSSR count). The number of hydrogen-bond donors (Lipinski definition) is 3. The van der Waals surface area contributed by atoms with Crippen LogP contribution in [0.1, 0.15) is 31.4 Å². The molecule has 0 bridgehead atoms. The number of rotatable bonds is 9. The zero-order chi connectivity index (χ0) is 20.1. The highest BCUT2D eigenvalue weighted by atomic mass is 35.5. The summed E-state index contributed by atoms with van der Waals surface area (Å²) in [7, 11) is 0. The average Bonchev–Trinajstić information content (AvgIpc) is 2.55. The first-order valence-corrected chi connectivity index (χ1v) is 8.73. The lowest BCUT2D eigenvalue weighted by Gasteiger charge is -2.14. The van der Waals surface area contributed by atoms with Crippen LogP contribution in [0.3, 0.4) is 0 Å². The van der Waals surface area contributed by atoms with Crippen LogP contribution in [0.25, 0.3) is 0 Å². The highest BCUT2D eigenvalue weighted by Crippen LogP contribution is 2.26. The number of aliphatic carboxylic acids is 2. The minimum Gasteiger partial charge on any atom is -0.491 e. The minimum absolute atomic E-state index is 0.550. The number of halogens is 1. The van der Waals surface area contributed by atoms with Gasteiger partial charge in [-0.1, -0.05) is 18.5 Å². The molecule has 3 N–H and O–H groups in total. The van der Waals surface area contributed by atoms with Gasteiger partial charge in [-0.05, 0) is 50.5 Å². The largest absolute Gasteiger partial charge is 0.491 e. The maximum absolute atomic E-state index is 9.10. The van der Waals surface area contributed by atoms with Crippen LogP contribution in [0.5, 0.6) is 5.75 Å². The first kappa shape index (κ1) is 24.2. The Hall–Kier alpha value is -1.83. The van der Waals surface area contributed by atoms with Gasteiger partial charge in [-0.3, -0.25) is 0 Å². The highest BCUT2D eigenvalue weighted by Gasteiger charge is 2.05. The van der Waals surface area contributed by atoms with E-state index in [0.717, 1.165) is 34.9 Å². The summed E-state index contributed by atoms with van der Waals surface area (Å²) in [4.78, 5) is 18.2. The molecule has 8 heteroatoms. The number of carboxylic acid groups (broad SMARTS) is 2. The van der Waals surface area contributed by atoms with Crippen molar-refractivity contribution < 1.29 is 29.3 Å². The number of benzene rings is 1. The number of carboxylic acids is 2. The summed E-state index contributed by atoms with van der Waals surface area (Å²) >= 11 is 5.99. The topological polar surface area (TPSA) is 105 Å². The Morgan fingerprint density at radius 1 is 1.12 bits per heavy atom. The van der Waals surface area contributed by atoms with E-state index in [1.807, 2.05) is 26.0 Å². The number of nitrogens with one attached hydrogen (secondary N) is 1. The Morgan fingerprint density at radius 3 is 2.12 bits per heavy atom. The molecule has 0 spiro atoms. The lowest BCUT2D eigenvalue weighted by Crippen LogP contribution is -2.29. The number of carbonyl (C=O) groups is 2. The highest BCUT2D eigenvalue weighted by molar-refractivity contribution is 6.30. The molecule has 26 heavy (non-hydrogen) atoms. The molecule has 0 saturated carbocycles. The molecule has 0 aromatic heterocycles. The number of aryl methyl sites for hydroxylation is 2. The Balaban J connectivity index is 0.000000896. The van der Waals surface area contributed by atoms with E-state index in [-0.39, 0.29) is 0 Å². The summed E-state index contributed by atoms with van der Waals surface area (Å²) in [5.41, 5.74) is 2.13. The van der Waals surface area contributed by atoms with Crippen molar-refractivity contribution in [3.05, 3.63) is 28.3 Å². The second-order valence-corrected chi connectivity index (χ2v) is 6.14. The molecule has 0 heterocycles. The van der Waals surface area contributed by atoms with Gasteiger partial charge in [0.1, 0.15) is 12.4 Å². The van der Waals surface area contributed by atoms with Crippen molar-refractivity contribution in [1.29, 1.82) is 0 Å². The summed E-state index contributed by atoms with van der Waals surface area (Å²) in [5.74, 6) is -2.74. The van der Waals surface area contributed by atoms with Gasteiger partial charge in [0.05, 0.1) is 13.2 Å². The fraction of sp³-hybridized carbons (Fsp3) is 0.556. The summed E-state index contributed by atoms with van der Waals surface area (Å²) in [6.45, 7) is 11.1. The standard InChI is InChI=1S/C16H26ClNO2.C2H2O4/c1-5-14(4)18-6-7-19-8-9-20-16-12(2)10-15(17)11-13(16)3;3-1(4)2(5)6/h10-11,14,18H,5-9H2,1-4H3;(H,3,4)(H,5,6). The van der Waals surface area contributed by atoms with Crippen LogP contribution in [-0.4, -0.2) is 54.6 Å². The molecule has 7 nitrogen and oxygen atoms in total. The first-order valence-electron chi connectivity index (χ1n) is 8.35. The van der Waals surface area contributed by atoms with E-state index in [2.05, 4.69) is 19.2 Å². The smallest absolute Gasteiger partial charge is 0.414 e. The van der Waals surface area contributed by atoms with E-state index >= 15 is 0 Å². The second kappa shape index (κ2) is 13.4. The van der Waals surface area contributed by atoms with Crippen molar-refractivity contribution >= 4 is 23.5 Å². The zero-order valence-electron chi connectivity index (χ0n) is 15.7. The number of hydrogen-bond acceptors (Lipinski definition) is 5. The summed E-state index contributed by atoms with van der Waals surface area (Å²) in [6, 6.07) is 4.39. The van der Waals surface area contributed by atoms with Crippen LogP contribution < -0.4 is 10.1 Å². The molecule has 0 aliphatic heterocycles. The molecule has 1 unspecified atom stereocenters. The normalized spacial score (nSPS) is 11.3. The van der Waals surface area contributed by atoms with E-state index < -0.39 is 11.9 Å². The zero-order valence-corrected chi connectivity index (χ0v) is 16.4. The fourth-order valence-corrected chi connectivity index (χ4v) is 2.28. The van der Waals surface area contributed by atoms with Crippen molar-refractivity contribution in [3.63, 3.8) is 0 Å². The van der Waals surface area contributed by atoms with Gasteiger partial charge in [-0.15, -0.1) is 0 Å². The molecule has 0 fully saturated rings. The molecule has 0 aliphatic carbocycles. The molecule has 0 radical (unpaired) electrons. The molecule has 1 atom stereocenters. The Labute approximate surface area is 159 Å². The molecule has 0 saturated heterocycles. The predicted octanol–water partition coefficient (Wildman–Crippen LogP) is 2.90. The van der Waals surface area contributed by atoms with Crippen molar-refractivity contribution in [2.45, 2.75) is 40.2 Å². The van der Waals surface area contributed by atoms with Gasteiger partial charge in [0.25, 0.3) is 0 Å². The van der Waals surface area contributed by atoms with Crippen molar-refractivity contribution in [1.82, 2.24) is 5.32 Å². The van der Waals surface area contributed by atoms with Gasteiger partial charge in [0.15, 0.2) is 0 Å². The molecule has 1 aromatic carbocycles. The molecular weight excluding hydrogens is 362 g/mol. The Morgan fingerprint density at radius 2 is 1.65 bits per heavy atom. The summed E-state index contributed by atoms with van der Waals surface area (Å²) in [6.07, 6.45) is 1.14. The third-order valence-electron chi connectivity index (χ3n) is 3.43. The summed E-state index contributed by atoms with van der Waals surface area (Å²) < 4.78 is 11.3. The van der Waals surface area contributed by atoms with E-state index in [9.17, 15) is 0 Å².